The zero-order chi connectivity index (χ0) is 16.0. The number of carbonyl (C=O) groups excluding carboxylic acids is 1. The molecule has 1 atom stereocenters. The molecule has 4 nitrogen and oxygen atoms in total. The molecule has 0 saturated carbocycles. The van der Waals surface area contributed by atoms with Crippen molar-refractivity contribution in [1.29, 1.82) is 0 Å². The summed E-state index contributed by atoms with van der Waals surface area (Å²) < 4.78 is 37.8. The van der Waals surface area contributed by atoms with E-state index in [1.807, 2.05) is 0 Å². The van der Waals surface area contributed by atoms with Crippen LogP contribution >= 0.6 is 11.8 Å². The number of halogens is 3. The minimum atomic E-state index is -4.43. The molecule has 8 heteroatoms. The zero-order valence-electron chi connectivity index (χ0n) is 11.1. The third kappa shape index (κ3) is 6.07. The Hall–Kier alpha value is -1.70. The van der Waals surface area contributed by atoms with E-state index in [4.69, 9.17) is 5.11 Å². The van der Waals surface area contributed by atoms with E-state index in [1.165, 1.54) is 12.1 Å². The van der Waals surface area contributed by atoms with Crippen LogP contribution in [0.5, 0.6) is 0 Å². The highest BCUT2D eigenvalue weighted by molar-refractivity contribution is 8.00. The largest absolute Gasteiger partial charge is 0.481 e. The third-order valence-electron chi connectivity index (χ3n) is 2.55. The van der Waals surface area contributed by atoms with Gasteiger partial charge in [0.05, 0.1) is 23.1 Å². The molecule has 0 aromatic heterocycles. The van der Waals surface area contributed by atoms with Crippen LogP contribution in [0.15, 0.2) is 24.3 Å². The molecule has 0 bridgehead atoms. The van der Waals surface area contributed by atoms with E-state index in [9.17, 15) is 22.8 Å². The number of amides is 1. The molecule has 116 valence electrons. The number of alkyl halides is 3. The maximum Gasteiger partial charge on any atom is 0.416 e. The fraction of sp³-hybridized carbons (Fsp3) is 0.385. The van der Waals surface area contributed by atoms with Crippen LogP contribution in [0.4, 0.5) is 13.2 Å². The van der Waals surface area contributed by atoms with Crippen molar-refractivity contribution in [1.82, 2.24) is 5.32 Å². The lowest BCUT2D eigenvalue weighted by Crippen LogP contribution is -2.28. The molecular weight excluding hydrogens is 307 g/mol. The van der Waals surface area contributed by atoms with Gasteiger partial charge in [-0.25, -0.2) is 0 Å². The Morgan fingerprint density at radius 1 is 1.33 bits per heavy atom. The number of hydrogen-bond acceptors (Lipinski definition) is 3. The molecule has 1 aromatic carbocycles. The Morgan fingerprint density at radius 3 is 2.57 bits per heavy atom. The van der Waals surface area contributed by atoms with Crippen LogP contribution in [0.1, 0.15) is 24.1 Å². The Kier molecular flexibility index (Phi) is 6.07. The lowest BCUT2D eigenvalue weighted by molar-refractivity contribution is -0.137. The molecule has 2 N–H and O–H groups in total. The summed E-state index contributed by atoms with van der Waals surface area (Å²) in [5.74, 6) is -1.72. The van der Waals surface area contributed by atoms with Crippen LogP contribution in [0, 0.1) is 0 Å². The van der Waals surface area contributed by atoms with Crippen LogP contribution in [0.2, 0.25) is 0 Å². The fourth-order valence-electron chi connectivity index (χ4n) is 1.58. The quantitative estimate of drug-likeness (QED) is 0.845. The number of rotatable bonds is 6. The molecule has 0 aliphatic heterocycles. The lowest BCUT2D eigenvalue weighted by Gasteiger charge is -2.16. The molecular formula is C13H14F3NO3S. The van der Waals surface area contributed by atoms with Crippen LogP contribution in [-0.2, 0) is 15.8 Å². The Bertz CT molecular complexity index is 520. The van der Waals surface area contributed by atoms with Crippen molar-refractivity contribution < 1.29 is 27.9 Å². The van der Waals surface area contributed by atoms with Gasteiger partial charge in [0.15, 0.2) is 0 Å². The minimum absolute atomic E-state index is 0.0599. The number of carbonyl (C=O) groups is 2. The topological polar surface area (TPSA) is 66.4 Å². The van der Waals surface area contributed by atoms with Crippen LogP contribution < -0.4 is 5.32 Å². The van der Waals surface area contributed by atoms with E-state index in [2.05, 4.69) is 5.32 Å². The SMILES string of the molecule is CC(NC(=O)CSCC(=O)O)c1cccc(C(F)(F)F)c1. The smallest absolute Gasteiger partial charge is 0.416 e. The molecule has 0 aliphatic rings. The van der Waals surface area contributed by atoms with Crippen molar-refractivity contribution in [2.75, 3.05) is 11.5 Å². The van der Waals surface area contributed by atoms with Crippen molar-refractivity contribution in [2.45, 2.75) is 19.1 Å². The third-order valence-corrected chi connectivity index (χ3v) is 3.47. The Balaban J connectivity index is 2.61. The first-order valence-corrected chi connectivity index (χ1v) is 7.11. The summed E-state index contributed by atoms with van der Waals surface area (Å²) in [5.41, 5.74) is -0.442. The second-order valence-corrected chi connectivity index (χ2v) is 5.28. The molecule has 1 amide bonds. The average molecular weight is 321 g/mol. The molecule has 21 heavy (non-hydrogen) atoms. The van der Waals surface area contributed by atoms with E-state index in [0.29, 0.717) is 5.56 Å². The molecule has 0 radical (unpaired) electrons. The summed E-state index contributed by atoms with van der Waals surface area (Å²) in [6.07, 6.45) is -4.43. The van der Waals surface area contributed by atoms with Gasteiger partial charge in [0.2, 0.25) is 5.91 Å². The highest BCUT2D eigenvalue weighted by Gasteiger charge is 2.30. The molecule has 1 rings (SSSR count). The highest BCUT2D eigenvalue weighted by Crippen LogP contribution is 2.30. The summed E-state index contributed by atoms with van der Waals surface area (Å²) in [4.78, 5) is 21.8. The monoisotopic (exact) mass is 321 g/mol. The highest BCUT2D eigenvalue weighted by atomic mass is 32.2. The fourth-order valence-corrected chi connectivity index (χ4v) is 2.13. The van der Waals surface area contributed by atoms with E-state index in [0.717, 1.165) is 23.9 Å². The van der Waals surface area contributed by atoms with Crippen LogP contribution in [0.3, 0.4) is 0 Å². The predicted molar refractivity (Wildman–Crippen MR) is 73.0 cm³/mol. The van der Waals surface area contributed by atoms with Crippen LogP contribution in [0.25, 0.3) is 0 Å². The lowest BCUT2D eigenvalue weighted by atomic mass is 10.0. The van der Waals surface area contributed by atoms with Gasteiger partial charge in [-0.1, -0.05) is 12.1 Å². The van der Waals surface area contributed by atoms with E-state index >= 15 is 0 Å². The average Bonchev–Trinajstić information content (AvgIpc) is 2.37. The maximum absolute atomic E-state index is 12.6. The second kappa shape index (κ2) is 7.35. The summed E-state index contributed by atoms with van der Waals surface area (Å²) in [6.45, 7) is 1.56. The zero-order valence-corrected chi connectivity index (χ0v) is 11.9. The summed E-state index contributed by atoms with van der Waals surface area (Å²) in [5, 5.41) is 11.0. The van der Waals surface area contributed by atoms with Gasteiger partial charge in [-0.15, -0.1) is 11.8 Å². The molecule has 0 aliphatic carbocycles. The second-order valence-electron chi connectivity index (χ2n) is 4.30. The normalized spacial score (nSPS) is 12.8. The number of carboxylic acids is 1. The van der Waals surface area contributed by atoms with Gasteiger partial charge in [0, 0.05) is 0 Å². The molecule has 0 saturated heterocycles. The number of nitrogens with one attached hydrogen (secondary N) is 1. The molecule has 1 aromatic rings. The van der Waals surface area contributed by atoms with Crippen molar-refractivity contribution in [2.24, 2.45) is 0 Å². The Morgan fingerprint density at radius 2 is 2.00 bits per heavy atom. The van der Waals surface area contributed by atoms with E-state index in [-0.39, 0.29) is 11.5 Å². The first-order chi connectivity index (χ1) is 9.70. The maximum atomic E-state index is 12.6. The first kappa shape index (κ1) is 17.4. The predicted octanol–water partition coefficient (Wildman–Crippen LogP) is 2.70. The first-order valence-electron chi connectivity index (χ1n) is 5.96. The number of hydrogen-bond donors (Lipinski definition) is 2. The molecule has 0 spiro atoms. The van der Waals surface area contributed by atoms with Crippen molar-refractivity contribution in [3.8, 4) is 0 Å². The van der Waals surface area contributed by atoms with Gasteiger partial charge in [-0.05, 0) is 24.6 Å². The van der Waals surface area contributed by atoms with E-state index < -0.39 is 29.7 Å². The van der Waals surface area contributed by atoms with E-state index in [1.54, 1.807) is 6.92 Å². The van der Waals surface area contributed by atoms with Gasteiger partial charge < -0.3 is 10.4 Å². The van der Waals surface area contributed by atoms with Crippen LogP contribution in [-0.4, -0.2) is 28.5 Å². The van der Waals surface area contributed by atoms with Crippen molar-refractivity contribution in [3.63, 3.8) is 0 Å². The molecule has 0 heterocycles. The van der Waals surface area contributed by atoms with Crippen molar-refractivity contribution in [3.05, 3.63) is 35.4 Å². The Labute approximate surface area is 123 Å². The van der Waals surface area contributed by atoms with Gasteiger partial charge in [0.1, 0.15) is 0 Å². The van der Waals surface area contributed by atoms with Gasteiger partial charge >= 0.3 is 12.1 Å². The minimum Gasteiger partial charge on any atom is -0.481 e. The standard InChI is InChI=1S/C13H14F3NO3S/c1-8(17-11(18)6-21-7-12(19)20)9-3-2-4-10(5-9)13(14,15)16/h2-5,8H,6-7H2,1H3,(H,17,18)(H,19,20). The number of thioether (sulfide) groups is 1. The van der Waals surface area contributed by atoms with Gasteiger partial charge in [-0.2, -0.15) is 13.2 Å². The van der Waals surface area contributed by atoms with Gasteiger partial charge in [0.25, 0.3) is 0 Å². The van der Waals surface area contributed by atoms with Gasteiger partial charge in [-0.3, -0.25) is 9.59 Å². The number of benzene rings is 1. The number of carboxylic acid groups (broad SMARTS) is 1. The summed E-state index contributed by atoms with van der Waals surface area (Å²) in [6, 6.07) is 4.12. The summed E-state index contributed by atoms with van der Waals surface area (Å²) in [7, 11) is 0. The number of aliphatic carboxylic acids is 1. The van der Waals surface area contributed by atoms with Crippen molar-refractivity contribution >= 4 is 23.6 Å². The molecule has 0 fully saturated rings. The molecule has 1 unspecified atom stereocenters. The summed E-state index contributed by atoms with van der Waals surface area (Å²) >= 11 is 0.922.